The highest BCUT2D eigenvalue weighted by Crippen LogP contribution is 2.10. The molecule has 0 aromatic rings. The molecule has 0 aromatic heterocycles. The molecule has 0 aromatic carbocycles. The average Bonchev–Trinajstić information content (AvgIpc) is 2.54. The molecule has 0 atom stereocenters. The fourth-order valence-electron chi connectivity index (χ4n) is 2.23. The Bertz CT molecular complexity index is 259. The molecule has 0 aliphatic carbocycles. The molecule has 0 fully saturated rings. The van der Waals surface area contributed by atoms with E-state index in [-0.39, 0.29) is 6.61 Å². The minimum absolute atomic E-state index is 0.0791. The first-order chi connectivity index (χ1) is 10.9. The highest BCUT2D eigenvalue weighted by molar-refractivity contribution is 4.50. The van der Waals surface area contributed by atoms with Crippen molar-refractivity contribution in [1.29, 1.82) is 0 Å². The van der Waals surface area contributed by atoms with Crippen LogP contribution in [0.25, 0.3) is 10.4 Å². The Morgan fingerprint density at radius 3 is 1.73 bits per heavy atom. The van der Waals surface area contributed by atoms with Gasteiger partial charge in [0.2, 0.25) is 0 Å². The number of ether oxygens (including phenoxy) is 2. The Balaban J connectivity index is 2.95. The lowest BCUT2D eigenvalue weighted by molar-refractivity contribution is 0.0321. The van der Waals surface area contributed by atoms with Crippen molar-refractivity contribution in [2.75, 3.05) is 39.6 Å². The molecular weight excluding hydrogens is 282 g/mol. The number of aliphatic hydroxyl groups is 1. The molecule has 0 saturated heterocycles. The third-order valence-electron chi connectivity index (χ3n) is 3.47. The molecule has 0 heterocycles. The number of rotatable bonds is 18. The van der Waals surface area contributed by atoms with Crippen LogP contribution in [-0.4, -0.2) is 44.7 Å². The second kappa shape index (κ2) is 20.2. The van der Waals surface area contributed by atoms with Gasteiger partial charge in [-0.2, -0.15) is 0 Å². The maximum atomic E-state index is 8.52. The van der Waals surface area contributed by atoms with Crippen LogP contribution in [0, 0.1) is 0 Å². The molecule has 0 radical (unpaired) electrons. The lowest BCUT2D eigenvalue weighted by Crippen LogP contribution is -2.07. The van der Waals surface area contributed by atoms with Crippen molar-refractivity contribution in [2.45, 2.75) is 64.2 Å². The Morgan fingerprint density at radius 2 is 1.18 bits per heavy atom. The van der Waals surface area contributed by atoms with Crippen LogP contribution in [-0.2, 0) is 9.47 Å². The van der Waals surface area contributed by atoms with Crippen LogP contribution >= 0.6 is 0 Å². The van der Waals surface area contributed by atoms with E-state index in [9.17, 15) is 0 Å². The molecule has 0 spiro atoms. The fraction of sp³-hybridized carbons (Fsp3) is 1.00. The van der Waals surface area contributed by atoms with Crippen LogP contribution in [0.3, 0.4) is 0 Å². The Kier molecular flexibility index (Phi) is 19.4. The monoisotopic (exact) mass is 315 g/mol. The van der Waals surface area contributed by atoms with Gasteiger partial charge in [0, 0.05) is 18.1 Å². The Hall–Kier alpha value is -0.810. The third-order valence-corrected chi connectivity index (χ3v) is 3.47. The van der Waals surface area contributed by atoms with E-state index >= 15 is 0 Å². The first-order valence-corrected chi connectivity index (χ1v) is 8.69. The summed E-state index contributed by atoms with van der Waals surface area (Å²) < 4.78 is 10.5. The minimum atomic E-state index is 0.0791. The van der Waals surface area contributed by atoms with E-state index < -0.39 is 0 Å². The third kappa shape index (κ3) is 19.2. The molecule has 0 bridgehead atoms. The summed E-state index contributed by atoms with van der Waals surface area (Å²) in [6.07, 6.45) is 12.4. The van der Waals surface area contributed by atoms with Crippen molar-refractivity contribution in [3.63, 3.8) is 0 Å². The zero-order chi connectivity index (χ0) is 16.1. The van der Waals surface area contributed by atoms with Crippen LogP contribution in [0.1, 0.15) is 64.2 Å². The highest BCUT2D eigenvalue weighted by atomic mass is 16.5. The zero-order valence-electron chi connectivity index (χ0n) is 13.9. The lowest BCUT2D eigenvalue weighted by Gasteiger charge is -2.05. The van der Waals surface area contributed by atoms with Crippen LogP contribution < -0.4 is 0 Å². The molecule has 1 N–H and O–H groups in total. The molecule has 0 amide bonds. The van der Waals surface area contributed by atoms with Gasteiger partial charge in [-0.25, -0.2) is 0 Å². The predicted molar refractivity (Wildman–Crippen MR) is 88.9 cm³/mol. The molecule has 22 heavy (non-hydrogen) atoms. The van der Waals surface area contributed by atoms with Gasteiger partial charge >= 0.3 is 0 Å². The van der Waals surface area contributed by atoms with Gasteiger partial charge in [0.25, 0.3) is 0 Å². The van der Waals surface area contributed by atoms with Gasteiger partial charge in [-0.1, -0.05) is 56.5 Å². The summed E-state index contributed by atoms with van der Waals surface area (Å²) in [6, 6.07) is 0. The van der Waals surface area contributed by atoms with Gasteiger partial charge in [0.15, 0.2) is 0 Å². The normalized spacial score (nSPS) is 10.6. The van der Waals surface area contributed by atoms with E-state index in [4.69, 9.17) is 20.1 Å². The number of azide groups is 1. The van der Waals surface area contributed by atoms with Crippen molar-refractivity contribution in [3.05, 3.63) is 10.4 Å². The lowest BCUT2D eigenvalue weighted by atomic mass is 10.1. The van der Waals surface area contributed by atoms with Gasteiger partial charge < -0.3 is 14.6 Å². The van der Waals surface area contributed by atoms with Crippen molar-refractivity contribution >= 4 is 0 Å². The van der Waals surface area contributed by atoms with E-state index in [1.165, 1.54) is 51.4 Å². The summed E-state index contributed by atoms with van der Waals surface area (Å²) in [7, 11) is 0. The van der Waals surface area contributed by atoms with Gasteiger partial charge in [-0.3, -0.25) is 0 Å². The van der Waals surface area contributed by atoms with Gasteiger partial charge in [0.05, 0.1) is 26.4 Å². The highest BCUT2D eigenvalue weighted by Gasteiger charge is 1.94. The molecule has 0 aliphatic heterocycles. The minimum Gasteiger partial charge on any atom is -0.394 e. The topological polar surface area (TPSA) is 87.5 Å². The van der Waals surface area contributed by atoms with Crippen LogP contribution in [0.2, 0.25) is 0 Å². The zero-order valence-corrected chi connectivity index (χ0v) is 13.9. The van der Waals surface area contributed by atoms with E-state index in [0.29, 0.717) is 26.4 Å². The van der Waals surface area contributed by atoms with Gasteiger partial charge in [0.1, 0.15) is 0 Å². The Labute approximate surface area is 134 Å². The molecule has 0 saturated carbocycles. The Morgan fingerprint density at radius 1 is 0.682 bits per heavy atom. The smallest absolute Gasteiger partial charge is 0.0701 e. The van der Waals surface area contributed by atoms with Crippen LogP contribution in [0.5, 0.6) is 0 Å². The number of unbranched alkanes of at least 4 members (excludes halogenated alkanes) is 9. The summed E-state index contributed by atoms with van der Waals surface area (Å²) in [5, 5.41) is 12.1. The largest absolute Gasteiger partial charge is 0.394 e. The summed E-state index contributed by atoms with van der Waals surface area (Å²) >= 11 is 0. The first kappa shape index (κ1) is 21.2. The summed E-state index contributed by atoms with van der Waals surface area (Å²) in [5.41, 5.74) is 8.14. The molecular formula is C16H33N3O3. The molecule has 130 valence electrons. The number of aliphatic hydroxyl groups excluding tert-OH is 1. The van der Waals surface area contributed by atoms with E-state index in [0.717, 1.165) is 19.4 Å². The second-order valence-electron chi connectivity index (χ2n) is 5.44. The fourth-order valence-corrected chi connectivity index (χ4v) is 2.23. The van der Waals surface area contributed by atoms with Gasteiger partial charge in [-0.15, -0.1) is 0 Å². The SMILES string of the molecule is [N-]=[N+]=NCCCCCCCCCCCCOCCOCCO. The van der Waals surface area contributed by atoms with Crippen molar-refractivity contribution in [3.8, 4) is 0 Å². The quantitative estimate of drug-likeness (QED) is 0.178. The van der Waals surface area contributed by atoms with E-state index in [1.54, 1.807) is 0 Å². The maximum absolute atomic E-state index is 8.52. The summed E-state index contributed by atoms with van der Waals surface area (Å²) in [5.74, 6) is 0. The van der Waals surface area contributed by atoms with E-state index in [2.05, 4.69) is 10.0 Å². The molecule has 0 aliphatic rings. The summed E-state index contributed by atoms with van der Waals surface area (Å²) in [6.45, 7) is 3.13. The van der Waals surface area contributed by atoms with Crippen LogP contribution in [0.15, 0.2) is 5.11 Å². The van der Waals surface area contributed by atoms with Crippen molar-refractivity contribution in [2.24, 2.45) is 5.11 Å². The molecule has 0 unspecified atom stereocenters. The summed E-state index contributed by atoms with van der Waals surface area (Å²) in [4.78, 5) is 2.75. The standard InChI is InChI=1S/C16H33N3O3/c17-19-18-11-9-7-5-3-1-2-4-6-8-10-13-21-15-16-22-14-12-20/h20H,1-16H2. The molecule has 6 nitrogen and oxygen atoms in total. The molecule has 0 rings (SSSR count). The van der Waals surface area contributed by atoms with Crippen LogP contribution in [0.4, 0.5) is 0 Å². The average molecular weight is 315 g/mol. The number of hydrogen-bond donors (Lipinski definition) is 1. The van der Waals surface area contributed by atoms with Crippen molar-refractivity contribution in [1.82, 2.24) is 0 Å². The van der Waals surface area contributed by atoms with Crippen molar-refractivity contribution < 1.29 is 14.6 Å². The first-order valence-electron chi connectivity index (χ1n) is 8.69. The second-order valence-corrected chi connectivity index (χ2v) is 5.44. The molecule has 6 heteroatoms. The van der Waals surface area contributed by atoms with Gasteiger partial charge in [-0.05, 0) is 18.4 Å². The predicted octanol–water partition coefficient (Wildman–Crippen LogP) is 4.22. The number of nitrogens with zero attached hydrogens (tertiary/aromatic N) is 3. The van der Waals surface area contributed by atoms with E-state index in [1.807, 2.05) is 0 Å². The maximum Gasteiger partial charge on any atom is 0.0701 e. The number of hydrogen-bond acceptors (Lipinski definition) is 4.